The summed E-state index contributed by atoms with van der Waals surface area (Å²) in [4.78, 5) is 2.50. The summed E-state index contributed by atoms with van der Waals surface area (Å²) in [7, 11) is -3.19. The predicted octanol–water partition coefficient (Wildman–Crippen LogP) is 1.26. The number of hydrogen-bond acceptors (Lipinski definition) is 4. The van der Waals surface area contributed by atoms with Gasteiger partial charge in [0.2, 0.25) is 0 Å². The molecule has 2 rings (SSSR count). The second kappa shape index (κ2) is 5.69. The van der Waals surface area contributed by atoms with Crippen LogP contribution < -0.4 is 5.73 Å². The Morgan fingerprint density at radius 2 is 2.00 bits per heavy atom. The van der Waals surface area contributed by atoms with Crippen LogP contribution in [0.3, 0.4) is 0 Å². The van der Waals surface area contributed by atoms with Crippen molar-refractivity contribution < 1.29 is 8.42 Å². The van der Waals surface area contributed by atoms with E-state index in [1.54, 1.807) is 24.3 Å². The fourth-order valence-corrected chi connectivity index (χ4v) is 3.62. The maximum atomic E-state index is 12.1. The fraction of sp³-hybridized carbons (Fsp3) is 0.500. The van der Waals surface area contributed by atoms with Gasteiger partial charge in [0, 0.05) is 23.6 Å². The molecular weight excluding hydrogens is 316 g/mol. The molecule has 2 N–H and O–H groups in total. The second-order valence-electron chi connectivity index (χ2n) is 4.62. The molecule has 0 spiro atoms. The van der Waals surface area contributed by atoms with Crippen LogP contribution in [0.5, 0.6) is 0 Å². The third-order valence-corrected chi connectivity index (χ3v) is 5.40. The van der Waals surface area contributed by atoms with Crippen LogP contribution in [-0.2, 0) is 9.84 Å². The van der Waals surface area contributed by atoms with Gasteiger partial charge in [0.15, 0.2) is 9.84 Å². The van der Waals surface area contributed by atoms with E-state index in [1.165, 1.54) is 0 Å². The van der Waals surface area contributed by atoms with Gasteiger partial charge in [-0.1, -0.05) is 15.9 Å². The Balaban J connectivity index is 1.97. The zero-order valence-electron chi connectivity index (χ0n) is 10.0. The summed E-state index contributed by atoms with van der Waals surface area (Å²) >= 11 is 3.29. The average molecular weight is 333 g/mol. The first kappa shape index (κ1) is 14.0. The van der Waals surface area contributed by atoms with E-state index in [1.807, 2.05) is 0 Å². The molecule has 18 heavy (non-hydrogen) atoms. The van der Waals surface area contributed by atoms with Crippen molar-refractivity contribution >= 4 is 25.8 Å². The minimum atomic E-state index is -3.19. The lowest BCUT2D eigenvalue weighted by Crippen LogP contribution is -2.30. The van der Waals surface area contributed by atoms with Gasteiger partial charge in [0.05, 0.1) is 10.6 Å². The Labute approximate surface area is 116 Å². The highest BCUT2D eigenvalue weighted by atomic mass is 79.9. The molecule has 100 valence electrons. The summed E-state index contributed by atoms with van der Waals surface area (Å²) in [5.74, 6) is 0.154. The molecule has 1 aromatic rings. The van der Waals surface area contributed by atoms with E-state index in [9.17, 15) is 8.42 Å². The standard InChI is InChI=1S/C12H17BrN2O2S/c13-10-1-3-12(4-2-10)18(16,17)8-7-15-6-5-11(14)9-15/h1-4,11H,5-9,14H2/t11-/m0/s1. The number of hydrogen-bond donors (Lipinski definition) is 1. The van der Waals surface area contributed by atoms with Crippen molar-refractivity contribution in [2.24, 2.45) is 5.73 Å². The van der Waals surface area contributed by atoms with Gasteiger partial charge >= 0.3 is 0 Å². The number of rotatable bonds is 4. The summed E-state index contributed by atoms with van der Waals surface area (Å²) in [6, 6.07) is 6.96. The van der Waals surface area contributed by atoms with Gasteiger partial charge in [0.1, 0.15) is 0 Å². The Bertz CT molecular complexity index is 501. The second-order valence-corrected chi connectivity index (χ2v) is 7.65. The van der Waals surface area contributed by atoms with Crippen molar-refractivity contribution in [3.05, 3.63) is 28.7 Å². The molecule has 1 atom stereocenters. The van der Waals surface area contributed by atoms with Gasteiger partial charge in [-0.2, -0.15) is 0 Å². The molecule has 0 saturated carbocycles. The van der Waals surface area contributed by atoms with Gasteiger partial charge in [-0.25, -0.2) is 8.42 Å². The number of nitrogens with zero attached hydrogens (tertiary/aromatic N) is 1. The first-order chi connectivity index (χ1) is 8.47. The van der Waals surface area contributed by atoms with Crippen molar-refractivity contribution in [3.63, 3.8) is 0 Å². The van der Waals surface area contributed by atoms with Crippen molar-refractivity contribution in [2.75, 3.05) is 25.4 Å². The SMILES string of the molecule is N[C@H]1CCN(CCS(=O)(=O)c2ccc(Br)cc2)C1. The van der Waals surface area contributed by atoms with E-state index < -0.39 is 9.84 Å². The van der Waals surface area contributed by atoms with Gasteiger partial charge in [-0.05, 0) is 37.2 Å². The maximum absolute atomic E-state index is 12.1. The lowest BCUT2D eigenvalue weighted by atomic mass is 10.3. The van der Waals surface area contributed by atoms with Crippen LogP contribution in [0.2, 0.25) is 0 Å². The summed E-state index contributed by atoms with van der Waals surface area (Å²) in [6.45, 7) is 2.26. The molecule has 1 saturated heterocycles. The molecule has 1 aromatic carbocycles. The quantitative estimate of drug-likeness (QED) is 0.901. The Hall–Kier alpha value is -0.430. The number of halogens is 1. The largest absolute Gasteiger partial charge is 0.326 e. The van der Waals surface area contributed by atoms with E-state index >= 15 is 0 Å². The summed E-state index contributed by atoms with van der Waals surface area (Å²) in [5.41, 5.74) is 5.80. The molecular formula is C12H17BrN2O2S. The van der Waals surface area contributed by atoms with E-state index in [0.29, 0.717) is 11.4 Å². The summed E-state index contributed by atoms with van der Waals surface area (Å²) < 4.78 is 25.1. The summed E-state index contributed by atoms with van der Waals surface area (Å²) in [5, 5.41) is 0. The molecule has 0 radical (unpaired) electrons. The molecule has 0 bridgehead atoms. The summed E-state index contributed by atoms with van der Waals surface area (Å²) in [6.07, 6.45) is 0.957. The van der Waals surface area contributed by atoms with Gasteiger partial charge < -0.3 is 10.6 Å². The maximum Gasteiger partial charge on any atom is 0.179 e. The highest BCUT2D eigenvalue weighted by Gasteiger charge is 2.21. The zero-order chi connectivity index (χ0) is 13.2. The minimum absolute atomic E-state index is 0.154. The van der Waals surface area contributed by atoms with E-state index in [-0.39, 0.29) is 11.8 Å². The molecule has 1 fully saturated rings. The van der Waals surface area contributed by atoms with E-state index in [0.717, 1.165) is 24.0 Å². The van der Waals surface area contributed by atoms with E-state index in [4.69, 9.17) is 5.73 Å². The lowest BCUT2D eigenvalue weighted by Gasteiger charge is -2.14. The van der Waals surface area contributed by atoms with Crippen LogP contribution >= 0.6 is 15.9 Å². The lowest BCUT2D eigenvalue weighted by molar-refractivity contribution is 0.354. The van der Waals surface area contributed by atoms with Crippen LogP contribution in [-0.4, -0.2) is 44.7 Å². The molecule has 1 heterocycles. The average Bonchev–Trinajstić information content (AvgIpc) is 2.73. The molecule has 0 amide bonds. The van der Waals surface area contributed by atoms with Crippen LogP contribution in [0.25, 0.3) is 0 Å². The van der Waals surface area contributed by atoms with Gasteiger partial charge in [0.25, 0.3) is 0 Å². The zero-order valence-corrected chi connectivity index (χ0v) is 12.5. The number of benzene rings is 1. The predicted molar refractivity (Wildman–Crippen MR) is 75.2 cm³/mol. The molecule has 6 heteroatoms. The third kappa shape index (κ3) is 3.54. The molecule has 0 aliphatic carbocycles. The van der Waals surface area contributed by atoms with Crippen LogP contribution in [0.4, 0.5) is 0 Å². The Kier molecular flexibility index (Phi) is 4.42. The van der Waals surface area contributed by atoms with Crippen LogP contribution in [0.1, 0.15) is 6.42 Å². The highest BCUT2D eigenvalue weighted by Crippen LogP contribution is 2.16. The van der Waals surface area contributed by atoms with Crippen LogP contribution in [0, 0.1) is 0 Å². The van der Waals surface area contributed by atoms with Gasteiger partial charge in [-0.15, -0.1) is 0 Å². The van der Waals surface area contributed by atoms with Crippen molar-refractivity contribution in [2.45, 2.75) is 17.4 Å². The minimum Gasteiger partial charge on any atom is -0.326 e. The fourth-order valence-electron chi connectivity index (χ4n) is 2.07. The Morgan fingerprint density at radius 1 is 1.33 bits per heavy atom. The first-order valence-electron chi connectivity index (χ1n) is 5.93. The number of nitrogens with two attached hydrogens (primary N) is 1. The monoisotopic (exact) mass is 332 g/mol. The number of sulfone groups is 1. The van der Waals surface area contributed by atoms with E-state index in [2.05, 4.69) is 20.8 Å². The molecule has 1 aliphatic heterocycles. The van der Waals surface area contributed by atoms with Gasteiger partial charge in [-0.3, -0.25) is 0 Å². The molecule has 1 aliphatic rings. The normalized spacial score (nSPS) is 21.3. The topological polar surface area (TPSA) is 63.4 Å². The molecule has 4 nitrogen and oxygen atoms in total. The van der Waals surface area contributed by atoms with Crippen LogP contribution in [0.15, 0.2) is 33.6 Å². The third-order valence-electron chi connectivity index (χ3n) is 3.16. The molecule has 0 aromatic heterocycles. The Morgan fingerprint density at radius 3 is 2.56 bits per heavy atom. The van der Waals surface area contributed by atoms with Crippen molar-refractivity contribution in [3.8, 4) is 0 Å². The number of likely N-dealkylation sites (tertiary alicyclic amines) is 1. The van der Waals surface area contributed by atoms with Crippen molar-refractivity contribution in [1.29, 1.82) is 0 Å². The van der Waals surface area contributed by atoms with Crippen molar-refractivity contribution in [1.82, 2.24) is 4.90 Å². The smallest absolute Gasteiger partial charge is 0.179 e. The molecule has 0 unspecified atom stereocenters. The first-order valence-corrected chi connectivity index (χ1v) is 8.38. The highest BCUT2D eigenvalue weighted by molar-refractivity contribution is 9.10.